The molecule has 1 unspecified atom stereocenters. The molecule has 0 radical (unpaired) electrons. The summed E-state index contributed by atoms with van der Waals surface area (Å²) in [6.07, 6.45) is 0. The molecular formula is C15H11F3O3S2. The number of alkyl halides is 3. The number of rotatable bonds is 1. The van der Waals surface area contributed by atoms with E-state index in [1.807, 2.05) is 0 Å². The maximum atomic E-state index is 10.7. The van der Waals surface area contributed by atoms with Crippen LogP contribution in [0, 0.1) is 0 Å². The molecule has 0 N–H and O–H groups in total. The molecule has 0 saturated carbocycles. The zero-order chi connectivity index (χ0) is 17.1. The highest BCUT2D eigenvalue weighted by Crippen LogP contribution is 2.38. The van der Waals surface area contributed by atoms with Crippen molar-refractivity contribution in [2.24, 2.45) is 0 Å². The molecule has 8 heteroatoms. The van der Waals surface area contributed by atoms with E-state index in [4.69, 9.17) is 13.0 Å². The average Bonchev–Trinajstić information content (AvgIpc) is 2.91. The van der Waals surface area contributed by atoms with Gasteiger partial charge in [0.25, 0.3) is 0 Å². The third kappa shape index (κ3) is 4.31. The zero-order valence-electron chi connectivity index (χ0n) is 11.5. The van der Waals surface area contributed by atoms with Gasteiger partial charge in [0.1, 0.15) is 5.38 Å². The average molecular weight is 360 g/mol. The van der Waals surface area contributed by atoms with Gasteiger partial charge in [-0.05, 0) is 24.3 Å². The predicted octanol–water partition coefficient (Wildman–Crippen LogP) is 4.63. The third-order valence-electron chi connectivity index (χ3n) is 2.82. The van der Waals surface area contributed by atoms with Crippen LogP contribution in [0.1, 0.15) is 0 Å². The molecule has 3 aromatic rings. The quantitative estimate of drug-likeness (QED) is 0.361. The van der Waals surface area contributed by atoms with Crippen molar-refractivity contribution in [2.45, 2.75) is 5.51 Å². The summed E-state index contributed by atoms with van der Waals surface area (Å²) in [5.41, 5.74) is -5.65. The topological polar surface area (TPSA) is 57.2 Å². The van der Waals surface area contributed by atoms with Crippen LogP contribution < -0.4 is 0 Å². The van der Waals surface area contributed by atoms with Crippen LogP contribution in [0.5, 0.6) is 0 Å². The molecule has 2 aromatic carbocycles. The standard InChI is InChI=1S/C14H11S.CHF3O3S/c1-2-7-13(8-3-1)15-11-10-12-6-4-5-9-14(12)15;2-1(3,4)8(5,6)7/h1-11H;(H,5,6,7)/q+1;/p-1. The highest BCUT2D eigenvalue weighted by Gasteiger charge is 2.36. The van der Waals surface area contributed by atoms with Gasteiger partial charge in [-0.15, -0.1) is 0 Å². The molecule has 122 valence electrons. The number of fused-ring (bicyclic) bond motifs is 1. The Morgan fingerprint density at radius 1 is 0.870 bits per heavy atom. The summed E-state index contributed by atoms with van der Waals surface area (Å²) < 4.78 is 60.4. The lowest BCUT2D eigenvalue weighted by atomic mass is 10.3. The number of halogens is 3. The Hall–Kier alpha value is -1.90. The van der Waals surface area contributed by atoms with E-state index in [0.717, 1.165) is 0 Å². The van der Waals surface area contributed by atoms with Crippen molar-refractivity contribution in [1.29, 1.82) is 0 Å². The first-order valence-electron chi connectivity index (χ1n) is 6.28. The fraction of sp³-hybridized carbons (Fsp3) is 0.0667. The normalized spacial score (nSPS) is 12.6. The van der Waals surface area contributed by atoms with Crippen LogP contribution in [0.15, 0.2) is 66.0 Å². The highest BCUT2D eigenvalue weighted by molar-refractivity contribution is 7.86. The van der Waals surface area contributed by atoms with Crippen LogP contribution in [0.2, 0.25) is 0 Å². The molecular weight excluding hydrogens is 349 g/mol. The number of hydrogen-bond donors (Lipinski definition) is 0. The highest BCUT2D eigenvalue weighted by atomic mass is 32.2. The van der Waals surface area contributed by atoms with Crippen LogP contribution in [0.4, 0.5) is 13.2 Å². The van der Waals surface area contributed by atoms with E-state index in [1.54, 1.807) is 0 Å². The lowest BCUT2D eigenvalue weighted by Gasteiger charge is -2.08. The maximum absolute atomic E-state index is 10.7. The monoisotopic (exact) mass is 360 g/mol. The van der Waals surface area contributed by atoms with Gasteiger partial charge < -0.3 is 4.55 Å². The lowest BCUT2D eigenvalue weighted by Crippen LogP contribution is -2.21. The molecule has 0 aliphatic rings. The van der Waals surface area contributed by atoms with Crippen LogP contribution in [-0.2, 0) is 10.1 Å². The number of benzene rings is 2. The molecule has 23 heavy (non-hydrogen) atoms. The van der Waals surface area contributed by atoms with Crippen LogP contribution in [0.3, 0.4) is 0 Å². The Kier molecular flexibility index (Phi) is 5.08. The Morgan fingerprint density at radius 3 is 1.96 bits per heavy atom. The summed E-state index contributed by atoms with van der Waals surface area (Å²) >= 11 is 0. The van der Waals surface area contributed by atoms with Gasteiger partial charge in [-0.2, -0.15) is 13.2 Å². The van der Waals surface area contributed by atoms with Crippen molar-refractivity contribution < 1.29 is 26.1 Å². The second-order valence-corrected chi connectivity index (χ2v) is 7.62. The van der Waals surface area contributed by atoms with Gasteiger partial charge in [0.05, 0.1) is 0 Å². The van der Waals surface area contributed by atoms with Gasteiger partial charge in [0, 0.05) is 21.9 Å². The molecule has 0 saturated heterocycles. The van der Waals surface area contributed by atoms with Gasteiger partial charge in [-0.1, -0.05) is 30.3 Å². The summed E-state index contributed by atoms with van der Waals surface area (Å²) in [7, 11) is -5.94. The first-order valence-corrected chi connectivity index (χ1v) is 8.97. The molecule has 0 amide bonds. The summed E-state index contributed by atoms with van der Waals surface area (Å²) in [6.45, 7) is 0. The van der Waals surface area contributed by atoms with Crippen molar-refractivity contribution in [3.63, 3.8) is 0 Å². The zero-order valence-corrected chi connectivity index (χ0v) is 13.2. The van der Waals surface area contributed by atoms with Gasteiger partial charge in [-0.25, -0.2) is 8.42 Å². The van der Waals surface area contributed by atoms with Crippen LogP contribution in [-0.4, -0.2) is 18.5 Å². The minimum Gasteiger partial charge on any atom is -0.741 e. The molecule has 0 spiro atoms. The molecule has 0 fully saturated rings. The molecule has 1 heterocycles. The second kappa shape index (κ2) is 6.69. The minimum absolute atomic E-state index is 0.154. The SMILES string of the molecule is O=S(=O)([O-])C(F)(F)F.c1ccc(-[s+]2ccc3ccccc32)cc1. The fourth-order valence-electron chi connectivity index (χ4n) is 1.81. The van der Waals surface area contributed by atoms with E-state index in [0.29, 0.717) is 0 Å². The van der Waals surface area contributed by atoms with Crippen molar-refractivity contribution in [3.8, 4) is 4.90 Å². The van der Waals surface area contributed by atoms with E-state index in [2.05, 4.69) is 66.0 Å². The summed E-state index contributed by atoms with van der Waals surface area (Å²) in [6, 6.07) is 21.5. The van der Waals surface area contributed by atoms with E-state index in [9.17, 15) is 13.2 Å². The fourth-order valence-corrected chi connectivity index (χ4v) is 3.71. The summed E-state index contributed by atoms with van der Waals surface area (Å²) in [5.74, 6) is 0. The first kappa shape index (κ1) is 17.5. The van der Waals surface area contributed by atoms with Gasteiger partial charge in [0.15, 0.2) is 19.7 Å². The Balaban J connectivity index is 0.000000207. The van der Waals surface area contributed by atoms with Crippen molar-refractivity contribution in [1.82, 2.24) is 0 Å². The molecule has 3 nitrogen and oxygen atoms in total. The van der Waals surface area contributed by atoms with Crippen molar-refractivity contribution in [2.75, 3.05) is 0 Å². The molecule has 1 atom stereocenters. The van der Waals surface area contributed by atoms with Gasteiger partial charge in [-0.3, -0.25) is 0 Å². The summed E-state index contributed by atoms with van der Waals surface area (Å²) in [5, 5.41) is 3.67. The largest absolute Gasteiger partial charge is 0.741 e. The van der Waals surface area contributed by atoms with Crippen LogP contribution in [0.25, 0.3) is 15.0 Å². The summed E-state index contributed by atoms with van der Waals surface area (Å²) in [4.78, 5) is 1.40. The smallest absolute Gasteiger partial charge is 0.485 e. The lowest BCUT2D eigenvalue weighted by molar-refractivity contribution is -0.0517. The Morgan fingerprint density at radius 2 is 1.39 bits per heavy atom. The van der Waals surface area contributed by atoms with Crippen LogP contribution >= 0.6 is 10.5 Å². The third-order valence-corrected chi connectivity index (χ3v) is 5.42. The number of hydrogen-bond acceptors (Lipinski definition) is 3. The second-order valence-electron chi connectivity index (χ2n) is 4.39. The molecule has 3 rings (SSSR count). The van der Waals surface area contributed by atoms with E-state index >= 15 is 0 Å². The maximum Gasteiger partial charge on any atom is 0.485 e. The first-order chi connectivity index (χ1) is 10.7. The Labute approximate surface area is 133 Å². The Bertz CT molecular complexity index is 885. The molecule has 0 aliphatic carbocycles. The molecule has 0 bridgehead atoms. The van der Waals surface area contributed by atoms with E-state index < -0.39 is 15.6 Å². The number of thiophene rings is 1. The minimum atomic E-state index is -6.09. The molecule has 0 aliphatic heterocycles. The van der Waals surface area contributed by atoms with Crippen molar-refractivity contribution in [3.05, 3.63) is 66.0 Å². The predicted molar refractivity (Wildman–Crippen MR) is 83.5 cm³/mol. The van der Waals surface area contributed by atoms with Gasteiger partial charge >= 0.3 is 5.51 Å². The molecule has 1 aromatic heterocycles. The van der Waals surface area contributed by atoms with Gasteiger partial charge in [0.2, 0.25) is 0 Å². The van der Waals surface area contributed by atoms with E-state index in [-0.39, 0.29) is 10.5 Å². The van der Waals surface area contributed by atoms with Crippen molar-refractivity contribution >= 4 is 30.7 Å². The van der Waals surface area contributed by atoms with E-state index in [1.165, 1.54) is 15.0 Å².